The second-order valence-electron chi connectivity index (χ2n) is 2.64. The van der Waals surface area contributed by atoms with Gasteiger partial charge in [-0.2, -0.15) is 0 Å². The maximum atomic E-state index is 12.4. The Hall–Kier alpha value is -1.83. The summed E-state index contributed by atoms with van der Waals surface area (Å²) in [5, 5.41) is 19.1. The second kappa shape index (κ2) is 4.13. The van der Waals surface area contributed by atoms with Crippen molar-refractivity contribution in [2.45, 2.75) is 13.0 Å². The predicted octanol–water partition coefficient (Wildman–Crippen LogP) is 0.713. The van der Waals surface area contributed by atoms with Crippen LogP contribution in [-0.2, 0) is 6.61 Å². The fourth-order valence-corrected chi connectivity index (χ4v) is 1.13. The average molecular weight is 220 g/mol. The van der Waals surface area contributed by atoms with Gasteiger partial charge in [0.15, 0.2) is 0 Å². The SMILES string of the molecule is O=c1cc(CO)c(C(F)F)c([N+](=O)[O-])[nH]1. The number of aromatic nitrogens is 1. The van der Waals surface area contributed by atoms with Crippen molar-refractivity contribution in [2.24, 2.45) is 0 Å². The Bertz CT molecular complexity index is 443. The van der Waals surface area contributed by atoms with Gasteiger partial charge in [-0.25, -0.2) is 18.6 Å². The van der Waals surface area contributed by atoms with Gasteiger partial charge in [0.25, 0.3) is 6.43 Å². The highest BCUT2D eigenvalue weighted by Gasteiger charge is 2.25. The van der Waals surface area contributed by atoms with E-state index in [2.05, 4.69) is 0 Å². The monoisotopic (exact) mass is 220 g/mol. The number of hydrogen-bond donors (Lipinski definition) is 2. The smallest absolute Gasteiger partial charge is 0.333 e. The Labute approximate surface area is 81.3 Å². The molecule has 0 aliphatic carbocycles. The first-order valence-corrected chi connectivity index (χ1v) is 3.77. The molecule has 82 valence electrons. The van der Waals surface area contributed by atoms with Gasteiger partial charge in [0.1, 0.15) is 5.56 Å². The van der Waals surface area contributed by atoms with Gasteiger partial charge >= 0.3 is 11.4 Å². The predicted molar refractivity (Wildman–Crippen MR) is 44.6 cm³/mol. The summed E-state index contributed by atoms with van der Waals surface area (Å²) >= 11 is 0. The maximum absolute atomic E-state index is 12.4. The second-order valence-corrected chi connectivity index (χ2v) is 2.64. The third-order valence-electron chi connectivity index (χ3n) is 1.72. The zero-order chi connectivity index (χ0) is 11.6. The lowest BCUT2D eigenvalue weighted by Crippen LogP contribution is -2.13. The minimum atomic E-state index is -3.13. The first kappa shape index (κ1) is 11.2. The number of nitrogens with zero attached hydrogens (tertiary/aromatic N) is 1. The molecule has 0 atom stereocenters. The largest absolute Gasteiger partial charge is 0.392 e. The standard InChI is InChI=1S/C7H6F2N2O4/c8-6(9)5-3(2-12)1-4(13)10-7(5)11(14)15/h1,6,12H,2H2,(H,10,13). The molecule has 0 amide bonds. The van der Waals surface area contributed by atoms with Gasteiger partial charge in [-0.1, -0.05) is 0 Å². The van der Waals surface area contributed by atoms with E-state index in [1.807, 2.05) is 0 Å². The van der Waals surface area contributed by atoms with Crippen molar-refractivity contribution in [1.82, 2.24) is 4.98 Å². The minimum Gasteiger partial charge on any atom is -0.392 e. The fourth-order valence-electron chi connectivity index (χ4n) is 1.13. The molecule has 1 aromatic heterocycles. The fraction of sp³-hybridized carbons (Fsp3) is 0.286. The van der Waals surface area contributed by atoms with E-state index in [1.165, 1.54) is 0 Å². The molecule has 1 aromatic rings. The maximum Gasteiger partial charge on any atom is 0.333 e. The van der Waals surface area contributed by atoms with Gasteiger partial charge in [0.2, 0.25) is 0 Å². The summed E-state index contributed by atoms with van der Waals surface area (Å²) in [6, 6.07) is 0.703. The number of nitro groups is 1. The molecule has 8 heteroatoms. The molecule has 0 radical (unpaired) electrons. The van der Waals surface area contributed by atoms with Gasteiger partial charge in [-0.05, 0) is 4.92 Å². The van der Waals surface area contributed by atoms with Crippen LogP contribution in [0.3, 0.4) is 0 Å². The molecule has 0 aliphatic heterocycles. The van der Waals surface area contributed by atoms with Crippen molar-refractivity contribution >= 4 is 5.82 Å². The molecule has 0 saturated carbocycles. The highest BCUT2D eigenvalue weighted by Crippen LogP contribution is 2.29. The molecule has 15 heavy (non-hydrogen) atoms. The lowest BCUT2D eigenvalue weighted by atomic mass is 10.1. The van der Waals surface area contributed by atoms with Crippen molar-refractivity contribution in [1.29, 1.82) is 0 Å². The van der Waals surface area contributed by atoms with Gasteiger partial charge in [-0.15, -0.1) is 0 Å². The Balaban J connectivity index is 3.54. The molecule has 0 bridgehead atoms. The molecule has 0 unspecified atom stereocenters. The summed E-state index contributed by atoms with van der Waals surface area (Å²) in [6.07, 6.45) is -3.13. The van der Waals surface area contributed by atoms with E-state index in [0.29, 0.717) is 6.07 Å². The van der Waals surface area contributed by atoms with Crippen LogP contribution in [0.2, 0.25) is 0 Å². The summed E-state index contributed by atoms with van der Waals surface area (Å²) in [7, 11) is 0. The topological polar surface area (TPSA) is 96.2 Å². The third-order valence-corrected chi connectivity index (χ3v) is 1.72. The quantitative estimate of drug-likeness (QED) is 0.579. The van der Waals surface area contributed by atoms with Crippen LogP contribution >= 0.6 is 0 Å². The molecular formula is C7H6F2N2O4. The number of hydrogen-bond acceptors (Lipinski definition) is 4. The van der Waals surface area contributed by atoms with Crippen LogP contribution in [0.15, 0.2) is 10.9 Å². The number of alkyl halides is 2. The molecule has 0 fully saturated rings. The van der Waals surface area contributed by atoms with E-state index < -0.39 is 40.5 Å². The van der Waals surface area contributed by atoms with Crippen LogP contribution in [-0.4, -0.2) is 15.0 Å². The molecule has 0 aromatic carbocycles. The zero-order valence-corrected chi connectivity index (χ0v) is 7.24. The molecule has 6 nitrogen and oxygen atoms in total. The lowest BCUT2D eigenvalue weighted by molar-refractivity contribution is -0.391. The lowest BCUT2D eigenvalue weighted by Gasteiger charge is -2.06. The average Bonchev–Trinajstić information content (AvgIpc) is 2.15. The van der Waals surface area contributed by atoms with E-state index in [9.17, 15) is 23.7 Å². The Morgan fingerprint density at radius 2 is 2.20 bits per heavy atom. The van der Waals surface area contributed by atoms with Crippen LogP contribution in [0.4, 0.5) is 14.6 Å². The van der Waals surface area contributed by atoms with Crippen LogP contribution in [0.5, 0.6) is 0 Å². The van der Waals surface area contributed by atoms with E-state index in [1.54, 1.807) is 4.98 Å². The molecule has 0 saturated heterocycles. The summed E-state index contributed by atoms with van der Waals surface area (Å²) < 4.78 is 24.9. The van der Waals surface area contributed by atoms with Gasteiger partial charge in [-0.3, -0.25) is 0 Å². The Morgan fingerprint density at radius 3 is 2.60 bits per heavy atom. The van der Waals surface area contributed by atoms with Gasteiger partial charge in [0, 0.05) is 11.6 Å². The molecular weight excluding hydrogens is 214 g/mol. The van der Waals surface area contributed by atoms with Crippen LogP contribution in [0.25, 0.3) is 0 Å². The number of aliphatic hydroxyl groups is 1. The zero-order valence-electron chi connectivity index (χ0n) is 7.24. The van der Waals surface area contributed by atoms with E-state index in [-0.39, 0.29) is 0 Å². The highest BCUT2D eigenvalue weighted by molar-refractivity contribution is 5.39. The number of nitrogens with one attached hydrogen (secondary N) is 1. The summed E-state index contributed by atoms with van der Waals surface area (Å²) in [6.45, 7) is -0.857. The number of halogens is 2. The van der Waals surface area contributed by atoms with E-state index in [4.69, 9.17) is 5.11 Å². The van der Waals surface area contributed by atoms with Crippen molar-refractivity contribution in [3.63, 3.8) is 0 Å². The Kier molecular flexibility index (Phi) is 3.10. The molecule has 1 heterocycles. The van der Waals surface area contributed by atoms with Crippen molar-refractivity contribution in [2.75, 3.05) is 0 Å². The Morgan fingerprint density at radius 1 is 1.60 bits per heavy atom. The summed E-state index contributed by atoms with van der Waals surface area (Å²) in [5.41, 5.74) is -2.31. The van der Waals surface area contributed by atoms with Crippen LogP contribution in [0.1, 0.15) is 17.6 Å². The number of aliphatic hydroxyl groups excluding tert-OH is 1. The summed E-state index contributed by atoms with van der Waals surface area (Å²) in [4.78, 5) is 21.8. The van der Waals surface area contributed by atoms with Gasteiger partial charge < -0.3 is 15.2 Å². The molecule has 1 rings (SSSR count). The third kappa shape index (κ3) is 2.15. The number of H-pyrrole nitrogens is 1. The minimum absolute atomic E-state index is 0.444. The van der Waals surface area contributed by atoms with Crippen molar-refractivity contribution in [3.05, 3.63) is 37.7 Å². The molecule has 0 spiro atoms. The van der Waals surface area contributed by atoms with Crippen LogP contribution in [0, 0.1) is 10.1 Å². The van der Waals surface area contributed by atoms with E-state index in [0.717, 1.165) is 0 Å². The van der Waals surface area contributed by atoms with Crippen molar-refractivity contribution < 1.29 is 18.8 Å². The normalized spacial score (nSPS) is 10.7. The number of rotatable bonds is 3. The first-order chi connectivity index (χ1) is 6.97. The number of pyridine rings is 1. The first-order valence-electron chi connectivity index (χ1n) is 3.77. The molecule has 2 N–H and O–H groups in total. The summed E-state index contributed by atoms with van der Waals surface area (Å²) in [5.74, 6) is -1.08. The van der Waals surface area contributed by atoms with E-state index >= 15 is 0 Å². The highest BCUT2D eigenvalue weighted by atomic mass is 19.3. The molecule has 0 aliphatic rings. The van der Waals surface area contributed by atoms with Crippen LogP contribution < -0.4 is 5.56 Å². The van der Waals surface area contributed by atoms with Crippen molar-refractivity contribution in [3.8, 4) is 0 Å². The number of aromatic amines is 1. The van der Waals surface area contributed by atoms with Gasteiger partial charge in [0.05, 0.1) is 6.61 Å².